The number of anilines is 1. The Morgan fingerprint density at radius 3 is 2.75 bits per heavy atom. The number of nitrogens with zero attached hydrogens (tertiary/aromatic N) is 3. The first-order valence-electron chi connectivity index (χ1n) is 6.62. The molecule has 1 fully saturated rings. The number of pyridine rings is 1. The molecule has 2 heterocycles. The highest BCUT2D eigenvalue weighted by molar-refractivity contribution is 9.10. The molecule has 1 aliphatic rings. The minimum absolute atomic E-state index is 0.538. The van der Waals surface area contributed by atoms with Crippen molar-refractivity contribution in [2.24, 2.45) is 0 Å². The summed E-state index contributed by atoms with van der Waals surface area (Å²) in [6.45, 7) is 2.86. The van der Waals surface area contributed by atoms with E-state index < -0.39 is 0 Å². The normalized spacial score (nSPS) is 14.3. The zero-order chi connectivity index (χ0) is 14.1. The molecular formula is C14H14BrClN4. The SMILES string of the molecule is CCNc1nc(-c2ccc(Cl)cn2)nc(C2CC2)c1Br. The van der Waals surface area contributed by atoms with Gasteiger partial charge in [-0.3, -0.25) is 4.98 Å². The molecule has 0 unspecified atom stereocenters. The molecule has 2 aromatic heterocycles. The predicted molar refractivity (Wildman–Crippen MR) is 84.1 cm³/mol. The highest BCUT2D eigenvalue weighted by atomic mass is 79.9. The van der Waals surface area contributed by atoms with Crippen LogP contribution in [0.15, 0.2) is 22.8 Å². The minimum atomic E-state index is 0.538. The van der Waals surface area contributed by atoms with E-state index in [0.29, 0.717) is 16.8 Å². The summed E-state index contributed by atoms with van der Waals surface area (Å²) in [5.74, 6) is 2.01. The van der Waals surface area contributed by atoms with Crippen LogP contribution in [-0.4, -0.2) is 21.5 Å². The molecule has 1 saturated carbocycles. The lowest BCUT2D eigenvalue weighted by Gasteiger charge is -2.11. The van der Waals surface area contributed by atoms with Gasteiger partial charge in [-0.1, -0.05) is 11.6 Å². The van der Waals surface area contributed by atoms with Crippen LogP contribution in [0.5, 0.6) is 0 Å². The van der Waals surface area contributed by atoms with Crippen LogP contribution in [0.25, 0.3) is 11.5 Å². The summed E-state index contributed by atoms with van der Waals surface area (Å²) in [4.78, 5) is 13.5. The van der Waals surface area contributed by atoms with E-state index in [1.807, 2.05) is 13.0 Å². The molecule has 1 N–H and O–H groups in total. The molecule has 0 amide bonds. The molecule has 0 radical (unpaired) electrons. The molecule has 6 heteroatoms. The number of rotatable bonds is 4. The first kappa shape index (κ1) is 13.8. The van der Waals surface area contributed by atoms with Gasteiger partial charge in [0.1, 0.15) is 11.5 Å². The van der Waals surface area contributed by atoms with Crippen LogP contribution in [-0.2, 0) is 0 Å². The Kier molecular flexibility index (Phi) is 3.89. The van der Waals surface area contributed by atoms with Gasteiger partial charge in [0.2, 0.25) is 0 Å². The molecule has 1 aliphatic carbocycles. The van der Waals surface area contributed by atoms with Gasteiger partial charge in [0, 0.05) is 18.7 Å². The number of hydrogen-bond donors (Lipinski definition) is 1. The molecule has 3 rings (SSSR count). The van der Waals surface area contributed by atoms with Crippen molar-refractivity contribution in [2.45, 2.75) is 25.7 Å². The van der Waals surface area contributed by atoms with E-state index in [0.717, 1.165) is 28.2 Å². The summed E-state index contributed by atoms with van der Waals surface area (Å²) < 4.78 is 0.972. The van der Waals surface area contributed by atoms with Crippen LogP contribution >= 0.6 is 27.5 Å². The Morgan fingerprint density at radius 2 is 2.15 bits per heavy atom. The summed E-state index contributed by atoms with van der Waals surface area (Å²) in [6, 6.07) is 3.65. The minimum Gasteiger partial charge on any atom is -0.369 e. The predicted octanol–water partition coefficient (Wildman–Crippen LogP) is 4.26. The van der Waals surface area contributed by atoms with Crippen molar-refractivity contribution in [3.05, 3.63) is 33.5 Å². The van der Waals surface area contributed by atoms with Crippen LogP contribution in [0.3, 0.4) is 0 Å². The zero-order valence-electron chi connectivity index (χ0n) is 11.0. The molecule has 0 spiro atoms. The summed E-state index contributed by atoms with van der Waals surface area (Å²) in [5.41, 5.74) is 1.81. The molecule has 2 aromatic rings. The lowest BCUT2D eigenvalue weighted by Crippen LogP contribution is -2.06. The monoisotopic (exact) mass is 352 g/mol. The topological polar surface area (TPSA) is 50.7 Å². The van der Waals surface area contributed by atoms with E-state index in [1.165, 1.54) is 12.8 Å². The standard InChI is InChI=1S/C14H14BrClN4/c1-2-17-14-11(15)12(8-3-4-8)19-13(20-14)10-6-5-9(16)7-18-10/h5-8H,2-4H2,1H3,(H,17,19,20). The largest absolute Gasteiger partial charge is 0.369 e. The van der Waals surface area contributed by atoms with Crippen molar-refractivity contribution in [1.82, 2.24) is 15.0 Å². The van der Waals surface area contributed by atoms with Gasteiger partial charge in [-0.05, 0) is 47.8 Å². The Balaban J connectivity index is 2.07. The van der Waals surface area contributed by atoms with Gasteiger partial charge in [-0.25, -0.2) is 9.97 Å². The molecule has 20 heavy (non-hydrogen) atoms. The van der Waals surface area contributed by atoms with Crippen molar-refractivity contribution in [2.75, 3.05) is 11.9 Å². The summed E-state index contributed by atoms with van der Waals surface area (Å²) >= 11 is 9.49. The van der Waals surface area contributed by atoms with E-state index in [4.69, 9.17) is 11.6 Å². The maximum absolute atomic E-state index is 5.87. The third-order valence-electron chi connectivity index (χ3n) is 3.14. The fourth-order valence-corrected chi connectivity index (χ4v) is 2.75. The summed E-state index contributed by atoms with van der Waals surface area (Å²) in [7, 11) is 0. The Labute approximate surface area is 131 Å². The van der Waals surface area contributed by atoms with Gasteiger partial charge in [-0.15, -0.1) is 0 Å². The van der Waals surface area contributed by atoms with E-state index >= 15 is 0 Å². The van der Waals surface area contributed by atoms with Gasteiger partial charge in [-0.2, -0.15) is 0 Å². The number of halogens is 2. The third-order valence-corrected chi connectivity index (χ3v) is 4.15. The first-order valence-corrected chi connectivity index (χ1v) is 7.79. The average molecular weight is 354 g/mol. The summed E-state index contributed by atoms with van der Waals surface area (Å²) in [5, 5.41) is 3.88. The van der Waals surface area contributed by atoms with Gasteiger partial charge in [0.15, 0.2) is 5.82 Å². The Bertz CT molecular complexity index is 626. The average Bonchev–Trinajstić information content (AvgIpc) is 3.27. The van der Waals surface area contributed by atoms with E-state index in [1.54, 1.807) is 12.3 Å². The number of nitrogens with one attached hydrogen (secondary N) is 1. The second-order valence-corrected chi connectivity index (χ2v) is 5.99. The Hall–Kier alpha value is -1.20. The van der Waals surface area contributed by atoms with Crippen LogP contribution in [0, 0.1) is 0 Å². The van der Waals surface area contributed by atoms with Crippen LogP contribution in [0.4, 0.5) is 5.82 Å². The molecule has 0 aromatic carbocycles. The van der Waals surface area contributed by atoms with Gasteiger partial charge < -0.3 is 5.32 Å². The van der Waals surface area contributed by atoms with Crippen molar-refractivity contribution in [3.8, 4) is 11.5 Å². The van der Waals surface area contributed by atoms with Crippen molar-refractivity contribution in [3.63, 3.8) is 0 Å². The molecule has 0 atom stereocenters. The van der Waals surface area contributed by atoms with Crippen LogP contribution < -0.4 is 5.32 Å². The molecule has 104 valence electrons. The molecule has 0 saturated heterocycles. The highest BCUT2D eigenvalue weighted by Gasteiger charge is 2.29. The van der Waals surface area contributed by atoms with Crippen LogP contribution in [0.2, 0.25) is 5.02 Å². The van der Waals surface area contributed by atoms with Crippen LogP contribution in [0.1, 0.15) is 31.4 Å². The molecular weight excluding hydrogens is 340 g/mol. The lowest BCUT2D eigenvalue weighted by atomic mass is 10.2. The Morgan fingerprint density at radius 1 is 1.35 bits per heavy atom. The van der Waals surface area contributed by atoms with Gasteiger partial charge in [0.05, 0.1) is 15.2 Å². The van der Waals surface area contributed by atoms with Gasteiger partial charge >= 0.3 is 0 Å². The van der Waals surface area contributed by atoms with Gasteiger partial charge in [0.25, 0.3) is 0 Å². The highest BCUT2D eigenvalue weighted by Crippen LogP contribution is 2.44. The zero-order valence-corrected chi connectivity index (χ0v) is 13.4. The van der Waals surface area contributed by atoms with E-state index in [9.17, 15) is 0 Å². The molecule has 0 aliphatic heterocycles. The third kappa shape index (κ3) is 2.79. The molecule has 0 bridgehead atoms. The van der Waals surface area contributed by atoms with Crippen molar-refractivity contribution >= 4 is 33.3 Å². The second kappa shape index (κ2) is 5.66. The maximum Gasteiger partial charge on any atom is 0.180 e. The fraction of sp³-hybridized carbons (Fsp3) is 0.357. The lowest BCUT2D eigenvalue weighted by molar-refractivity contribution is 0.968. The quantitative estimate of drug-likeness (QED) is 0.892. The number of aromatic nitrogens is 3. The van der Waals surface area contributed by atoms with Crippen molar-refractivity contribution < 1.29 is 0 Å². The number of hydrogen-bond acceptors (Lipinski definition) is 4. The molecule has 4 nitrogen and oxygen atoms in total. The smallest absolute Gasteiger partial charge is 0.180 e. The van der Waals surface area contributed by atoms with E-state index in [2.05, 4.69) is 36.2 Å². The van der Waals surface area contributed by atoms with E-state index in [-0.39, 0.29) is 0 Å². The maximum atomic E-state index is 5.87. The van der Waals surface area contributed by atoms with Crippen molar-refractivity contribution in [1.29, 1.82) is 0 Å². The fourth-order valence-electron chi connectivity index (χ4n) is 2.00. The summed E-state index contributed by atoms with van der Waals surface area (Å²) in [6.07, 6.45) is 4.00. The second-order valence-electron chi connectivity index (χ2n) is 4.76. The first-order chi connectivity index (χ1) is 9.69.